The first-order valence-electron chi connectivity index (χ1n) is 15.9. The number of methoxy groups -OCH3 is 1. The van der Waals surface area contributed by atoms with E-state index < -0.39 is 29.6 Å². The molecule has 2 aliphatic rings. The molecule has 1 aliphatic carbocycles. The number of halogens is 1. The summed E-state index contributed by atoms with van der Waals surface area (Å²) in [7, 11) is 1.30. The zero-order chi connectivity index (χ0) is 34.9. The first kappa shape index (κ1) is 33.5. The van der Waals surface area contributed by atoms with E-state index in [1.165, 1.54) is 7.11 Å². The molecule has 0 bridgehead atoms. The summed E-state index contributed by atoms with van der Waals surface area (Å²) < 4.78 is 12.4. The number of fused-ring (bicyclic) bond motifs is 4. The molecule has 5 aromatic rings. The Balaban J connectivity index is 0.000000267. The van der Waals surface area contributed by atoms with Crippen molar-refractivity contribution < 1.29 is 29.0 Å². The number of ether oxygens (including phenoxy) is 2. The standard InChI is InChI=1S/C27H27ClN4O4.C11H8O2/c1-15-14-30-25-21(8-9-22(33)36-27(10-11-27)26(34)35-4)31-23(20-7-5-6-12-29-20)18-13-19(28)16(2)17(3)24(18)32(15)25;12-11(13)10-7-3-5-8-4-1-2-6-9(8)10/h5-7,12-14,21H,8-11H2,1-4H3;1-7H,(H,12,13)/t21-;/m0./s1. The van der Waals surface area contributed by atoms with Crippen LogP contribution in [-0.4, -0.2) is 56.0 Å². The Morgan fingerprint density at radius 2 is 1.71 bits per heavy atom. The van der Waals surface area contributed by atoms with Gasteiger partial charge in [-0.3, -0.25) is 19.3 Å². The number of nitrogens with zero attached hydrogens (tertiary/aromatic N) is 4. The lowest BCUT2D eigenvalue weighted by Crippen LogP contribution is -2.30. The molecule has 1 atom stereocenters. The maximum absolute atomic E-state index is 12.7. The molecule has 3 aromatic carbocycles. The van der Waals surface area contributed by atoms with Crippen LogP contribution in [0.1, 0.15) is 76.0 Å². The molecule has 0 spiro atoms. The molecule has 1 saturated carbocycles. The van der Waals surface area contributed by atoms with Gasteiger partial charge in [0.1, 0.15) is 11.9 Å². The number of carbonyl (C=O) groups is 3. The highest BCUT2D eigenvalue weighted by Crippen LogP contribution is 2.42. The van der Waals surface area contributed by atoms with Gasteiger partial charge in [-0.05, 0) is 73.4 Å². The number of aliphatic imine (C=N–C) groups is 1. The van der Waals surface area contributed by atoms with Crippen LogP contribution in [-0.2, 0) is 19.1 Å². The van der Waals surface area contributed by atoms with E-state index in [0.29, 0.717) is 41.3 Å². The van der Waals surface area contributed by atoms with Crippen LogP contribution in [0.4, 0.5) is 0 Å². The van der Waals surface area contributed by atoms with Gasteiger partial charge < -0.3 is 14.6 Å². The number of hydrogen-bond donors (Lipinski definition) is 1. The number of aromatic carboxylic acids is 1. The van der Waals surface area contributed by atoms with E-state index in [0.717, 1.165) is 44.7 Å². The number of hydrogen-bond acceptors (Lipinski definition) is 8. The maximum Gasteiger partial charge on any atom is 0.350 e. The lowest BCUT2D eigenvalue weighted by molar-refractivity contribution is -0.169. The van der Waals surface area contributed by atoms with Crippen LogP contribution in [0, 0.1) is 20.8 Å². The summed E-state index contributed by atoms with van der Waals surface area (Å²) in [6.45, 7) is 6.03. The second-order valence-corrected chi connectivity index (χ2v) is 12.5. The minimum absolute atomic E-state index is 0.0728. The molecule has 11 heteroatoms. The number of benzene rings is 3. The van der Waals surface area contributed by atoms with Crippen molar-refractivity contribution in [3.8, 4) is 5.69 Å². The zero-order valence-electron chi connectivity index (χ0n) is 27.6. The molecule has 10 nitrogen and oxygen atoms in total. The largest absolute Gasteiger partial charge is 0.478 e. The van der Waals surface area contributed by atoms with Crippen molar-refractivity contribution >= 4 is 46.0 Å². The third-order valence-corrected chi connectivity index (χ3v) is 9.34. The summed E-state index contributed by atoms with van der Waals surface area (Å²) in [5.74, 6) is -1.12. The van der Waals surface area contributed by atoms with Gasteiger partial charge in [-0.1, -0.05) is 54.1 Å². The van der Waals surface area contributed by atoms with Crippen LogP contribution in [0.5, 0.6) is 0 Å². The first-order valence-corrected chi connectivity index (χ1v) is 16.3. The molecule has 2 aromatic heterocycles. The molecule has 1 N–H and O–H groups in total. The zero-order valence-corrected chi connectivity index (χ0v) is 28.3. The molecular formula is C38H35ClN4O6. The van der Waals surface area contributed by atoms with E-state index in [-0.39, 0.29) is 6.42 Å². The fourth-order valence-corrected chi connectivity index (χ4v) is 6.33. The topological polar surface area (TPSA) is 133 Å². The molecule has 0 radical (unpaired) electrons. The Morgan fingerprint density at radius 3 is 2.41 bits per heavy atom. The molecule has 1 fully saturated rings. The Bertz CT molecular complexity index is 2110. The summed E-state index contributed by atoms with van der Waals surface area (Å²) in [5.41, 5.74) is 5.39. The van der Waals surface area contributed by atoms with Crippen molar-refractivity contribution in [2.24, 2.45) is 4.99 Å². The van der Waals surface area contributed by atoms with Gasteiger partial charge in [-0.2, -0.15) is 0 Å². The number of carboxylic acids is 1. The number of aromatic nitrogens is 3. The second kappa shape index (κ2) is 13.6. The fraction of sp³-hybridized carbons (Fsp3) is 0.263. The molecule has 0 unspecified atom stereocenters. The Kier molecular flexibility index (Phi) is 9.34. The second-order valence-electron chi connectivity index (χ2n) is 12.1. The maximum atomic E-state index is 12.7. The number of aryl methyl sites for hydroxylation is 1. The third kappa shape index (κ3) is 6.56. The first-order chi connectivity index (χ1) is 23.5. The van der Waals surface area contributed by atoms with E-state index in [4.69, 9.17) is 36.2 Å². The smallest absolute Gasteiger partial charge is 0.350 e. The molecule has 0 amide bonds. The molecule has 1 aliphatic heterocycles. The SMILES string of the molecule is COC(=O)C1(OC(=O)CC[C@@H]2N=C(c3ccccn3)c3cc(Cl)c(C)c(C)c3-n3c(C)cnc32)CC1.O=C(O)c1cccc2ccccc12. The van der Waals surface area contributed by atoms with Gasteiger partial charge in [0, 0.05) is 47.9 Å². The normalized spacial score (nSPS) is 15.4. The minimum atomic E-state index is -1.13. The molecule has 7 rings (SSSR count). The van der Waals surface area contributed by atoms with Crippen molar-refractivity contribution in [2.45, 2.75) is 58.1 Å². The lowest BCUT2D eigenvalue weighted by Gasteiger charge is -2.19. The Morgan fingerprint density at radius 1 is 0.980 bits per heavy atom. The van der Waals surface area contributed by atoms with E-state index in [2.05, 4.69) is 9.55 Å². The number of esters is 2. The molecule has 0 saturated heterocycles. The summed E-state index contributed by atoms with van der Waals surface area (Å²) in [6, 6.07) is 19.9. The van der Waals surface area contributed by atoms with Crippen molar-refractivity contribution in [1.82, 2.24) is 14.5 Å². The predicted octanol–water partition coefficient (Wildman–Crippen LogP) is 7.31. The Hall–Kier alpha value is -5.35. The number of rotatable bonds is 7. The minimum Gasteiger partial charge on any atom is -0.478 e. The summed E-state index contributed by atoms with van der Waals surface area (Å²) in [4.78, 5) is 49.9. The predicted molar refractivity (Wildman–Crippen MR) is 186 cm³/mol. The van der Waals surface area contributed by atoms with E-state index in [9.17, 15) is 14.4 Å². The fourth-order valence-electron chi connectivity index (χ4n) is 6.08. The highest BCUT2D eigenvalue weighted by molar-refractivity contribution is 6.32. The average Bonchev–Trinajstić information content (AvgIpc) is 3.82. The number of carboxylic acid groups (broad SMARTS) is 1. The van der Waals surface area contributed by atoms with Crippen molar-refractivity contribution in [3.05, 3.63) is 124 Å². The number of imidazole rings is 1. The van der Waals surface area contributed by atoms with E-state index in [1.54, 1.807) is 18.3 Å². The van der Waals surface area contributed by atoms with Gasteiger partial charge in [0.25, 0.3) is 0 Å². The van der Waals surface area contributed by atoms with Gasteiger partial charge in [0.05, 0.1) is 29.8 Å². The summed E-state index contributed by atoms with van der Waals surface area (Å²) in [5, 5.41) is 11.3. The molecule has 49 heavy (non-hydrogen) atoms. The van der Waals surface area contributed by atoms with Gasteiger partial charge in [-0.25, -0.2) is 14.6 Å². The van der Waals surface area contributed by atoms with Crippen LogP contribution in [0.2, 0.25) is 5.02 Å². The number of pyridine rings is 1. The van der Waals surface area contributed by atoms with Gasteiger partial charge >= 0.3 is 17.9 Å². The quantitative estimate of drug-likeness (QED) is 0.177. The van der Waals surface area contributed by atoms with Crippen molar-refractivity contribution in [1.29, 1.82) is 0 Å². The van der Waals surface area contributed by atoms with E-state index in [1.807, 2.05) is 81.6 Å². The van der Waals surface area contributed by atoms with Gasteiger partial charge in [0.2, 0.25) is 5.60 Å². The molecular weight excluding hydrogens is 644 g/mol. The monoisotopic (exact) mass is 678 g/mol. The van der Waals surface area contributed by atoms with Crippen LogP contribution < -0.4 is 0 Å². The molecule has 250 valence electrons. The summed E-state index contributed by atoms with van der Waals surface area (Å²) >= 11 is 6.64. The van der Waals surface area contributed by atoms with Crippen LogP contribution in [0.3, 0.4) is 0 Å². The average molecular weight is 679 g/mol. The van der Waals surface area contributed by atoms with Crippen LogP contribution in [0.15, 0.2) is 84.1 Å². The van der Waals surface area contributed by atoms with Crippen molar-refractivity contribution in [3.63, 3.8) is 0 Å². The lowest BCUT2D eigenvalue weighted by atomic mass is 9.97. The third-order valence-electron chi connectivity index (χ3n) is 8.95. The van der Waals surface area contributed by atoms with Crippen LogP contribution >= 0.6 is 11.6 Å². The number of carbonyl (C=O) groups excluding carboxylic acids is 2. The van der Waals surface area contributed by atoms with E-state index >= 15 is 0 Å². The van der Waals surface area contributed by atoms with Crippen molar-refractivity contribution in [2.75, 3.05) is 7.11 Å². The summed E-state index contributed by atoms with van der Waals surface area (Å²) in [6.07, 6.45) is 4.92. The van der Waals surface area contributed by atoms with Crippen LogP contribution in [0.25, 0.3) is 16.5 Å². The van der Waals surface area contributed by atoms with Gasteiger partial charge in [-0.15, -0.1) is 0 Å². The highest BCUT2D eigenvalue weighted by atomic mass is 35.5. The highest BCUT2D eigenvalue weighted by Gasteiger charge is 2.55. The Labute approximate surface area is 288 Å². The van der Waals surface area contributed by atoms with Gasteiger partial charge in [0.15, 0.2) is 0 Å². The molecule has 3 heterocycles.